The number of aromatic nitrogens is 2. The van der Waals surface area contributed by atoms with Gasteiger partial charge < -0.3 is 9.14 Å². The van der Waals surface area contributed by atoms with Gasteiger partial charge in [0.05, 0.1) is 17.8 Å². The number of pyridine rings is 1. The minimum absolute atomic E-state index is 0.187. The van der Waals surface area contributed by atoms with Gasteiger partial charge in [0.2, 0.25) is 0 Å². The molecule has 0 spiro atoms. The second-order valence-electron chi connectivity index (χ2n) is 6.67. The molecule has 1 aliphatic rings. The van der Waals surface area contributed by atoms with Crippen LogP contribution < -0.4 is 0 Å². The maximum Gasteiger partial charge on any atom is 0.123 e. The highest BCUT2D eigenvalue weighted by molar-refractivity contribution is 5.52. The lowest BCUT2D eigenvalue weighted by Crippen LogP contribution is -2.13. The van der Waals surface area contributed by atoms with Gasteiger partial charge in [-0.05, 0) is 61.6 Å². The van der Waals surface area contributed by atoms with E-state index in [1.165, 1.54) is 17.2 Å². The van der Waals surface area contributed by atoms with Gasteiger partial charge in [0.1, 0.15) is 11.6 Å². The third-order valence-electron chi connectivity index (χ3n) is 5.00. The summed E-state index contributed by atoms with van der Waals surface area (Å²) in [5, 5.41) is 0. The Morgan fingerprint density at radius 2 is 2.21 bits per heavy atom. The molecule has 2 unspecified atom stereocenters. The SMILES string of the molecule is Cc1cn2c(C3CCOC3C)ncc2cc1Cc1cccc(F)c1. The van der Waals surface area contributed by atoms with Gasteiger partial charge in [-0.2, -0.15) is 0 Å². The number of ether oxygens (including phenoxy) is 1. The summed E-state index contributed by atoms with van der Waals surface area (Å²) in [6.07, 6.45) is 6.03. The van der Waals surface area contributed by atoms with E-state index in [9.17, 15) is 4.39 Å². The zero-order valence-corrected chi connectivity index (χ0v) is 14.0. The molecule has 4 heteroatoms. The first-order valence-electron chi connectivity index (χ1n) is 8.44. The van der Waals surface area contributed by atoms with E-state index >= 15 is 0 Å². The molecule has 0 radical (unpaired) electrons. The number of aryl methyl sites for hydroxylation is 1. The van der Waals surface area contributed by atoms with E-state index in [4.69, 9.17) is 4.74 Å². The first kappa shape index (κ1) is 15.3. The van der Waals surface area contributed by atoms with E-state index in [-0.39, 0.29) is 11.9 Å². The van der Waals surface area contributed by atoms with Crippen LogP contribution in [-0.2, 0) is 11.2 Å². The molecule has 1 fully saturated rings. The lowest BCUT2D eigenvalue weighted by molar-refractivity contribution is 0.117. The van der Waals surface area contributed by atoms with E-state index in [0.29, 0.717) is 5.92 Å². The molecule has 3 nitrogen and oxygen atoms in total. The van der Waals surface area contributed by atoms with Crippen LogP contribution in [-0.4, -0.2) is 22.1 Å². The number of halogens is 1. The van der Waals surface area contributed by atoms with E-state index in [1.54, 1.807) is 12.1 Å². The lowest BCUT2D eigenvalue weighted by Gasteiger charge is -2.14. The third-order valence-corrected chi connectivity index (χ3v) is 5.00. The molecule has 1 aromatic carbocycles. The van der Waals surface area contributed by atoms with Crippen LogP contribution >= 0.6 is 0 Å². The highest BCUT2D eigenvalue weighted by atomic mass is 19.1. The molecule has 2 atom stereocenters. The van der Waals surface area contributed by atoms with Gasteiger partial charge in [-0.25, -0.2) is 9.37 Å². The van der Waals surface area contributed by atoms with Crippen molar-refractivity contribution in [2.75, 3.05) is 6.61 Å². The van der Waals surface area contributed by atoms with E-state index < -0.39 is 0 Å². The van der Waals surface area contributed by atoms with Crippen molar-refractivity contribution in [3.05, 3.63) is 71.1 Å². The van der Waals surface area contributed by atoms with E-state index in [1.807, 2.05) is 12.3 Å². The summed E-state index contributed by atoms with van der Waals surface area (Å²) in [5.41, 5.74) is 4.47. The zero-order valence-electron chi connectivity index (χ0n) is 14.0. The standard InChI is InChI=1S/C20H21FN2O/c1-13-12-23-18(11-22-20(23)19-6-7-24-14(19)2)10-16(13)8-15-4-3-5-17(21)9-15/h3-5,9-12,14,19H,6-8H2,1-2H3. The topological polar surface area (TPSA) is 26.5 Å². The molecule has 124 valence electrons. The molecule has 24 heavy (non-hydrogen) atoms. The Hall–Kier alpha value is -2.20. The van der Waals surface area contributed by atoms with Crippen LogP contribution in [0.3, 0.4) is 0 Å². The lowest BCUT2D eigenvalue weighted by atomic mass is 10.0. The van der Waals surface area contributed by atoms with Crippen LogP contribution in [0.1, 0.15) is 41.8 Å². The number of nitrogens with zero attached hydrogens (tertiary/aromatic N) is 2. The van der Waals surface area contributed by atoms with Crippen molar-refractivity contribution >= 4 is 5.52 Å². The Morgan fingerprint density at radius 3 is 2.96 bits per heavy atom. The second kappa shape index (κ2) is 6.02. The van der Waals surface area contributed by atoms with Crippen LogP contribution in [0.15, 0.2) is 42.7 Å². The van der Waals surface area contributed by atoms with Crippen LogP contribution in [0.2, 0.25) is 0 Å². The molecule has 0 N–H and O–H groups in total. The molecule has 2 aromatic heterocycles. The average molecular weight is 324 g/mol. The summed E-state index contributed by atoms with van der Waals surface area (Å²) in [4.78, 5) is 4.65. The van der Waals surface area contributed by atoms with Crippen molar-refractivity contribution in [2.45, 2.75) is 38.7 Å². The number of hydrogen-bond donors (Lipinski definition) is 0. The Bertz CT molecular complexity index is 886. The fourth-order valence-electron chi connectivity index (χ4n) is 3.61. The van der Waals surface area contributed by atoms with Crippen LogP contribution in [0.5, 0.6) is 0 Å². The number of fused-ring (bicyclic) bond motifs is 1. The summed E-state index contributed by atoms with van der Waals surface area (Å²) >= 11 is 0. The van der Waals surface area contributed by atoms with Crippen LogP contribution in [0, 0.1) is 12.7 Å². The summed E-state index contributed by atoms with van der Waals surface area (Å²) in [6, 6.07) is 8.97. The minimum Gasteiger partial charge on any atom is -0.378 e. The molecule has 3 aromatic rings. The predicted molar refractivity (Wildman–Crippen MR) is 91.9 cm³/mol. The van der Waals surface area contributed by atoms with Crippen LogP contribution in [0.4, 0.5) is 4.39 Å². The monoisotopic (exact) mass is 324 g/mol. The molecule has 1 saturated heterocycles. The highest BCUT2D eigenvalue weighted by Gasteiger charge is 2.29. The minimum atomic E-state index is -0.187. The maximum atomic E-state index is 13.4. The normalized spacial score (nSPS) is 20.8. The molecule has 0 amide bonds. The second-order valence-corrected chi connectivity index (χ2v) is 6.67. The molecular weight excluding hydrogens is 303 g/mol. The number of rotatable bonds is 3. The molecule has 1 aliphatic heterocycles. The molecule has 0 aliphatic carbocycles. The predicted octanol–water partition coefficient (Wildman–Crippen LogP) is 4.27. The Morgan fingerprint density at radius 1 is 1.33 bits per heavy atom. The van der Waals surface area contributed by atoms with Crippen molar-refractivity contribution in [3.63, 3.8) is 0 Å². The van der Waals surface area contributed by atoms with Gasteiger partial charge in [-0.3, -0.25) is 0 Å². The summed E-state index contributed by atoms with van der Waals surface area (Å²) in [6.45, 7) is 5.02. The fraction of sp³-hybridized carbons (Fsp3) is 0.350. The first-order chi connectivity index (χ1) is 11.6. The molecule has 0 bridgehead atoms. The van der Waals surface area contributed by atoms with Crippen molar-refractivity contribution in [3.8, 4) is 0 Å². The number of hydrogen-bond acceptors (Lipinski definition) is 2. The molecule has 3 heterocycles. The Labute approximate surface area is 141 Å². The molecular formula is C20H21FN2O. The van der Waals surface area contributed by atoms with Gasteiger partial charge >= 0.3 is 0 Å². The Kier molecular flexibility index (Phi) is 3.85. The average Bonchev–Trinajstić information content (AvgIpc) is 3.13. The number of benzene rings is 1. The number of imidazole rings is 1. The van der Waals surface area contributed by atoms with Crippen molar-refractivity contribution in [2.24, 2.45) is 0 Å². The summed E-state index contributed by atoms with van der Waals surface area (Å²) in [5.74, 6) is 1.24. The quantitative estimate of drug-likeness (QED) is 0.719. The molecule has 0 saturated carbocycles. The van der Waals surface area contributed by atoms with Gasteiger partial charge in [-0.15, -0.1) is 0 Å². The Balaban J connectivity index is 1.70. The smallest absolute Gasteiger partial charge is 0.123 e. The van der Waals surface area contributed by atoms with Gasteiger partial charge in [0.25, 0.3) is 0 Å². The van der Waals surface area contributed by atoms with Crippen molar-refractivity contribution in [1.82, 2.24) is 9.38 Å². The zero-order chi connectivity index (χ0) is 16.7. The van der Waals surface area contributed by atoms with Crippen LogP contribution in [0.25, 0.3) is 5.52 Å². The van der Waals surface area contributed by atoms with Gasteiger partial charge in [-0.1, -0.05) is 12.1 Å². The maximum absolute atomic E-state index is 13.4. The van der Waals surface area contributed by atoms with Gasteiger partial charge in [0, 0.05) is 18.7 Å². The third kappa shape index (κ3) is 2.71. The largest absolute Gasteiger partial charge is 0.378 e. The van der Waals surface area contributed by atoms with E-state index in [0.717, 1.165) is 36.4 Å². The highest BCUT2D eigenvalue weighted by Crippen LogP contribution is 2.31. The summed E-state index contributed by atoms with van der Waals surface area (Å²) < 4.78 is 21.3. The first-order valence-corrected chi connectivity index (χ1v) is 8.44. The van der Waals surface area contributed by atoms with Gasteiger partial charge in [0.15, 0.2) is 0 Å². The summed E-state index contributed by atoms with van der Waals surface area (Å²) in [7, 11) is 0. The van der Waals surface area contributed by atoms with Crippen molar-refractivity contribution < 1.29 is 9.13 Å². The fourth-order valence-corrected chi connectivity index (χ4v) is 3.61. The van der Waals surface area contributed by atoms with Crippen molar-refractivity contribution in [1.29, 1.82) is 0 Å². The van der Waals surface area contributed by atoms with E-state index in [2.05, 4.69) is 35.5 Å². The molecule has 4 rings (SSSR count).